The van der Waals surface area contributed by atoms with Crippen LogP contribution in [0.2, 0.25) is 0 Å². The van der Waals surface area contributed by atoms with Crippen LogP contribution in [0.4, 0.5) is 11.4 Å². The summed E-state index contributed by atoms with van der Waals surface area (Å²) in [5.74, 6) is 0.178. The lowest BCUT2D eigenvalue weighted by Gasteiger charge is -2.35. The number of fused-ring (bicyclic) bond motifs is 2. The molecule has 1 spiro atoms. The number of nitrogen functional groups attached to an aromatic ring is 1. The Kier molecular flexibility index (Phi) is 6.17. The van der Waals surface area contributed by atoms with E-state index in [-0.39, 0.29) is 24.0 Å². The topological polar surface area (TPSA) is 91.4 Å². The summed E-state index contributed by atoms with van der Waals surface area (Å²) in [6.07, 6.45) is 5.06. The number of rotatable bonds is 6. The van der Waals surface area contributed by atoms with Gasteiger partial charge in [-0.25, -0.2) is 0 Å². The Labute approximate surface area is 224 Å². The molecule has 3 aromatic rings. The van der Waals surface area contributed by atoms with Crippen molar-refractivity contribution in [3.8, 4) is 0 Å². The molecule has 1 saturated heterocycles. The highest BCUT2D eigenvalue weighted by molar-refractivity contribution is 6.12. The molecule has 4 atom stereocenters. The van der Waals surface area contributed by atoms with Gasteiger partial charge in [0, 0.05) is 42.5 Å². The number of para-hydroxylation sites is 1. The third-order valence-electron chi connectivity index (χ3n) is 8.11. The fourth-order valence-electron chi connectivity index (χ4n) is 6.27. The van der Waals surface area contributed by atoms with E-state index in [1.165, 1.54) is 5.56 Å². The molecule has 1 amide bonds. The van der Waals surface area contributed by atoms with Crippen molar-refractivity contribution in [3.63, 3.8) is 0 Å². The van der Waals surface area contributed by atoms with Crippen molar-refractivity contribution in [2.45, 2.75) is 50.4 Å². The molecule has 38 heavy (non-hydrogen) atoms. The molecule has 3 aliphatic rings. The zero-order valence-corrected chi connectivity index (χ0v) is 21.9. The molecular formula is C32H34N4O2. The molecule has 4 N–H and O–H groups in total. The van der Waals surface area contributed by atoms with Crippen LogP contribution < -0.4 is 11.1 Å². The molecule has 6 nitrogen and oxygen atoms in total. The van der Waals surface area contributed by atoms with Gasteiger partial charge in [0.25, 0.3) is 0 Å². The Morgan fingerprint density at radius 3 is 2.58 bits per heavy atom. The smallest absolute Gasteiger partial charge is 0.235 e. The molecule has 0 aromatic heterocycles. The van der Waals surface area contributed by atoms with Crippen molar-refractivity contribution in [3.05, 3.63) is 101 Å². The highest BCUT2D eigenvalue weighted by Gasteiger charge is 2.65. The van der Waals surface area contributed by atoms with Crippen LogP contribution in [0.5, 0.6) is 0 Å². The van der Waals surface area contributed by atoms with Gasteiger partial charge in [-0.1, -0.05) is 60.7 Å². The van der Waals surface area contributed by atoms with Crippen LogP contribution in [0.3, 0.4) is 0 Å². The number of nitrogens with zero attached hydrogens (tertiary/aromatic N) is 1. The Bertz CT molecular complexity index is 1420. The number of benzene rings is 3. The lowest BCUT2D eigenvalue weighted by Crippen LogP contribution is -2.44. The van der Waals surface area contributed by atoms with Crippen LogP contribution in [0, 0.1) is 5.41 Å². The van der Waals surface area contributed by atoms with E-state index in [9.17, 15) is 4.79 Å². The van der Waals surface area contributed by atoms with Crippen LogP contribution in [-0.2, 0) is 21.5 Å². The number of anilines is 2. The molecule has 0 bridgehead atoms. The summed E-state index contributed by atoms with van der Waals surface area (Å²) in [5, 5.41) is 11.6. The normalized spacial score (nSPS) is 26.5. The minimum Gasteiger partial charge on any atom is -0.398 e. The maximum Gasteiger partial charge on any atom is 0.235 e. The Morgan fingerprint density at radius 2 is 1.84 bits per heavy atom. The van der Waals surface area contributed by atoms with Crippen LogP contribution in [0.1, 0.15) is 54.0 Å². The first kappa shape index (κ1) is 24.6. The van der Waals surface area contributed by atoms with E-state index in [0.717, 1.165) is 48.4 Å². The van der Waals surface area contributed by atoms with E-state index in [4.69, 9.17) is 15.9 Å². The largest absolute Gasteiger partial charge is 0.398 e. The van der Waals surface area contributed by atoms with Crippen LogP contribution in [0.25, 0.3) is 6.08 Å². The lowest BCUT2D eigenvalue weighted by molar-refractivity contribution is -0.118. The van der Waals surface area contributed by atoms with E-state index in [0.29, 0.717) is 17.0 Å². The summed E-state index contributed by atoms with van der Waals surface area (Å²) in [7, 11) is 0. The Hall–Kier alpha value is -3.74. The minimum atomic E-state index is -0.484. The average molecular weight is 507 g/mol. The maximum atomic E-state index is 12.8. The van der Waals surface area contributed by atoms with Crippen molar-refractivity contribution in [1.29, 1.82) is 5.41 Å². The van der Waals surface area contributed by atoms with Gasteiger partial charge in [0.15, 0.2) is 0 Å². The second-order valence-electron chi connectivity index (χ2n) is 11.0. The highest BCUT2D eigenvalue weighted by atomic mass is 16.5. The van der Waals surface area contributed by atoms with Gasteiger partial charge in [-0.15, -0.1) is 0 Å². The van der Waals surface area contributed by atoms with Gasteiger partial charge in [0.1, 0.15) is 0 Å². The second-order valence-corrected chi connectivity index (χ2v) is 11.0. The van der Waals surface area contributed by atoms with E-state index in [1.807, 2.05) is 48.5 Å². The van der Waals surface area contributed by atoms with Crippen LogP contribution in [-0.4, -0.2) is 41.8 Å². The summed E-state index contributed by atoms with van der Waals surface area (Å²) in [5.41, 5.74) is 12.9. The number of carbonyl (C=O) groups is 1. The molecule has 6 rings (SSSR count). The number of amides is 1. The van der Waals surface area contributed by atoms with Gasteiger partial charge in [0.2, 0.25) is 5.91 Å². The first-order chi connectivity index (χ1) is 18.3. The quantitative estimate of drug-likeness (QED) is 0.311. The standard InChI is InChI=1S/C32H34N4O2/c1-20-17-36(18-21(2)38-20)19-23-9-7-22(8-10-23)11-14-28(33)25-13-12-24(15-29(25)34)27-16-32(27)26-5-3-4-6-30(26)35-31(32)37/h3-15,20-21,27,33H,16-19,34H2,1-2H3,(H,35,37). The van der Waals surface area contributed by atoms with Crippen molar-refractivity contribution < 1.29 is 9.53 Å². The molecule has 0 radical (unpaired) electrons. The first-order valence-corrected chi connectivity index (χ1v) is 13.4. The lowest BCUT2D eigenvalue weighted by atomic mass is 9.91. The molecule has 6 heteroatoms. The number of ether oxygens (including phenoxy) is 1. The highest BCUT2D eigenvalue weighted by Crippen LogP contribution is 2.65. The van der Waals surface area contributed by atoms with Crippen LogP contribution >= 0.6 is 0 Å². The van der Waals surface area contributed by atoms with Crippen LogP contribution in [0.15, 0.2) is 72.8 Å². The molecule has 2 heterocycles. The summed E-state index contributed by atoms with van der Waals surface area (Å²) >= 11 is 0. The molecule has 1 aliphatic carbocycles. The number of hydrogen-bond acceptors (Lipinski definition) is 5. The van der Waals surface area contributed by atoms with Gasteiger partial charge >= 0.3 is 0 Å². The van der Waals surface area contributed by atoms with Gasteiger partial charge in [-0.3, -0.25) is 9.69 Å². The molecular weight excluding hydrogens is 472 g/mol. The van der Waals surface area contributed by atoms with Gasteiger partial charge in [-0.2, -0.15) is 0 Å². The fourth-order valence-corrected chi connectivity index (χ4v) is 6.27. The molecule has 2 fully saturated rings. The zero-order chi connectivity index (χ0) is 26.4. The SMILES string of the molecule is CC1CN(Cc2ccc(C=CC(=N)c3ccc(C4CC45C(=O)Nc4ccccc45)cc3N)cc2)CC(C)O1. The van der Waals surface area contributed by atoms with E-state index >= 15 is 0 Å². The number of hydrogen-bond donors (Lipinski definition) is 3. The first-order valence-electron chi connectivity index (χ1n) is 13.4. The Balaban J connectivity index is 1.11. The molecule has 4 unspecified atom stereocenters. The third-order valence-corrected chi connectivity index (χ3v) is 8.11. The van der Waals surface area contributed by atoms with Crippen molar-refractivity contribution in [2.24, 2.45) is 0 Å². The maximum absolute atomic E-state index is 12.8. The monoisotopic (exact) mass is 506 g/mol. The van der Waals surface area contributed by atoms with Crippen molar-refractivity contribution in [1.82, 2.24) is 4.90 Å². The minimum absolute atomic E-state index is 0.0714. The van der Waals surface area contributed by atoms with E-state index in [1.54, 1.807) is 6.08 Å². The predicted molar refractivity (Wildman–Crippen MR) is 153 cm³/mol. The van der Waals surface area contributed by atoms with Gasteiger partial charge in [0.05, 0.1) is 23.3 Å². The molecule has 1 saturated carbocycles. The molecule has 2 aliphatic heterocycles. The summed E-state index contributed by atoms with van der Waals surface area (Å²) in [4.78, 5) is 15.3. The van der Waals surface area contributed by atoms with E-state index in [2.05, 4.69) is 48.3 Å². The van der Waals surface area contributed by atoms with Gasteiger partial charge in [-0.05, 0) is 60.7 Å². The predicted octanol–water partition coefficient (Wildman–Crippen LogP) is 5.34. The summed E-state index contributed by atoms with van der Waals surface area (Å²) < 4.78 is 5.84. The van der Waals surface area contributed by atoms with Crippen molar-refractivity contribution in [2.75, 3.05) is 24.1 Å². The Morgan fingerprint density at radius 1 is 1.11 bits per heavy atom. The molecule has 194 valence electrons. The zero-order valence-electron chi connectivity index (χ0n) is 21.9. The average Bonchev–Trinajstić information content (AvgIpc) is 3.58. The third kappa shape index (κ3) is 4.44. The number of carbonyl (C=O) groups excluding carboxylic acids is 1. The summed E-state index contributed by atoms with van der Waals surface area (Å²) in [6, 6.07) is 22.3. The second kappa shape index (κ2) is 9.53. The van der Waals surface area contributed by atoms with Gasteiger partial charge < -0.3 is 21.2 Å². The number of morpholine rings is 1. The number of nitrogens with one attached hydrogen (secondary N) is 2. The number of allylic oxidation sites excluding steroid dienone is 1. The summed E-state index contributed by atoms with van der Waals surface area (Å²) in [6.45, 7) is 7.07. The molecule has 3 aromatic carbocycles. The fraction of sp³-hybridized carbons (Fsp3) is 0.312. The number of nitrogens with two attached hydrogens (primary N) is 1. The van der Waals surface area contributed by atoms with E-state index < -0.39 is 5.41 Å². The van der Waals surface area contributed by atoms with Crippen molar-refractivity contribution >= 4 is 29.1 Å².